The first kappa shape index (κ1) is 67.8. The van der Waals surface area contributed by atoms with Crippen LogP contribution in [0.4, 0.5) is 9.18 Å². The van der Waals surface area contributed by atoms with Crippen molar-refractivity contribution in [1.82, 2.24) is 10.2 Å². The number of carbonyl (C=O) groups excluding carboxylic acids is 4. The Kier molecular flexibility index (Phi) is 26.2. The highest BCUT2D eigenvalue weighted by atomic mass is 19.1. The first-order valence-electron chi connectivity index (χ1n) is 28.9. The van der Waals surface area contributed by atoms with E-state index in [0.29, 0.717) is 6.54 Å². The standard InChI is InChI=1S/C59H96FN3O18/c1-31(2)24-44(64)77-50-38(9)49(33(4)30-73-57-53(71-15)52(70-14)46(65)41(12)76-57)79-55(68)40(11)51(78-45-25-34(5)63(23-22-60)29-36(7)74-45)37(8)48(80-56-47(66)43(62-72-16)26-35(6)75-56)32(3)27-59(13,54(67)39(50)10)81-58(69)61-28-42-20-18-17-19-21-42/h17-21,31-41,45-53,56-57,65-66H,22-30H2,1-16H3,(H,61,69)/t32-,33?,34?,35+,36-,37+,38-,39+,40+,41+,45-,46+,47+,48-,49+,50+,51-,52+,53+,56-,57+,59-/m0/s1. The zero-order valence-electron chi connectivity index (χ0n) is 50.7. The summed E-state index contributed by atoms with van der Waals surface area (Å²) in [5.74, 6) is -7.72. The second-order valence-electron chi connectivity index (χ2n) is 23.7. The molecule has 5 rings (SSSR count). The van der Waals surface area contributed by atoms with E-state index in [9.17, 15) is 24.2 Å². The van der Waals surface area contributed by atoms with Gasteiger partial charge in [-0.1, -0.05) is 84.0 Å². The number of alkyl carbamates (subject to hydrolysis) is 1. The molecule has 4 aliphatic rings. The molecule has 4 fully saturated rings. The van der Waals surface area contributed by atoms with Crippen LogP contribution < -0.4 is 5.32 Å². The van der Waals surface area contributed by atoms with Crippen LogP contribution in [0.3, 0.4) is 0 Å². The Morgan fingerprint density at radius 2 is 1.52 bits per heavy atom. The highest BCUT2D eigenvalue weighted by molar-refractivity contribution is 5.91. The van der Waals surface area contributed by atoms with Gasteiger partial charge in [-0.2, -0.15) is 0 Å². The van der Waals surface area contributed by atoms with Gasteiger partial charge in [0.2, 0.25) is 0 Å². The van der Waals surface area contributed by atoms with Crippen LogP contribution in [0.2, 0.25) is 0 Å². The number of nitrogens with zero attached hydrogens (tertiary/aromatic N) is 2. The van der Waals surface area contributed by atoms with Crippen LogP contribution in [0.15, 0.2) is 35.5 Å². The summed E-state index contributed by atoms with van der Waals surface area (Å²) in [6.45, 7) is 22.9. The Morgan fingerprint density at radius 1 is 0.840 bits per heavy atom. The third-order valence-electron chi connectivity index (χ3n) is 16.4. The van der Waals surface area contributed by atoms with Crippen LogP contribution in [0, 0.1) is 41.4 Å². The zero-order chi connectivity index (χ0) is 60.0. The van der Waals surface area contributed by atoms with Gasteiger partial charge in [-0.05, 0) is 65.4 Å². The Morgan fingerprint density at radius 3 is 2.15 bits per heavy atom. The van der Waals surface area contributed by atoms with Gasteiger partial charge in [-0.15, -0.1) is 0 Å². The number of esters is 2. The molecular weight excluding hydrogens is 1060 g/mol. The summed E-state index contributed by atoms with van der Waals surface area (Å²) in [4.78, 5) is 66.6. The highest BCUT2D eigenvalue weighted by Crippen LogP contribution is 2.40. The van der Waals surface area contributed by atoms with E-state index < -0.39 is 158 Å². The topological polar surface area (TPSA) is 247 Å². The maximum Gasteiger partial charge on any atom is 0.408 e. The molecule has 1 amide bonds. The number of ketones is 1. The summed E-state index contributed by atoms with van der Waals surface area (Å²) in [5.41, 5.74) is -0.945. The minimum atomic E-state index is -1.99. The van der Waals surface area contributed by atoms with Crippen molar-refractivity contribution >= 4 is 29.5 Å². The molecule has 0 aromatic heterocycles. The second-order valence-corrected chi connectivity index (χ2v) is 23.7. The smallest absolute Gasteiger partial charge is 0.408 e. The first-order valence-corrected chi connectivity index (χ1v) is 28.9. The first-order chi connectivity index (χ1) is 38.3. The fourth-order valence-corrected chi connectivity index (χ4v) is 12.1. The third kappa shape index (κ3) is 18.0. The predicted molar refractivity (Wildman–Crippen MR) is 295 cm³/mol. The van der Waals surface area contributed by atoms with E-state index >= 15 is 9.59 Å². The monoisotopic (exact) mass is 1150 g/mol. The molecule has 4 heterocycles. The van der Waals surface area contributed by atoms with Gasteiger partial charge >= 0.3 is 18.0 Å². The molecule has 3 N–H and O–H groups in total. The SMILES string of the molecule is CON=C1C[C@@H](C)O[C@@H](O[C@@H]2[C@@H](C)[C@H](O[C@H]3CC(C)N(CCF)C[C@H](C)O3)[C@@H](C)C(=O)O[C@H](C(C)CO[C@@H]3O[C@H](C)[C@@H](O)[C@@H](OC)[C@H]3OC)[C@H](C)[C@@H](OC(=O)CC(C)C)[C@@H](C)C(=O)[C@@](C)(OC(=O)NCc3ccccc3)C[C@@H]2C)[C@@H]1O. The molecule has 0 aliphatic carbocycles. The van der Waals surface area contributed by atoms with Crippen molar-refractivity contribution in [2.45, 2.75) is 220 Å². The van der Waals surface area contributed by atoms with Crippen LogP contribution in [-0.4, -0.2) is 190 Å². The number of oxime groups is 1. The van der Waals surface area contributed by atoms with Crippen molar-refractivity contribution in [3.05, 3.63) is 35.9 Å². The van der Waals surface area contributed by atoms with Gasteiger partial charge in [0.1, 0.15) is 50.4 Å². The van der Waals surface area contributed by atoms with E-state index in [1.165, 1.54) is 28.3 Å². The number of hydrogen-bond donors (Lipinski definition) is 3. The van der Waals surface area contributed by atoms with E-state index in [0.717, 1.165) is 5.56 Å². The number of nitrogens with one attached hydrogen (secondary N) is 1. The molecule has 0 spiro atoms. The van der Waals surface area contributed by atoms with Crippen LogP contribution in [0.25, 0.3) is 0 Å². The highest BCUT2D eigenvalue weighted by Gasteiger charge is 2.53. The van der Waals surface area contributed by atoms with Crippen molar-refractivity contribution in [2.24, 2.45) is 46.6 Å². The number of amides is 1. The molecule has 4 aliphatic heterocycles. The molecule has 81 heavy (non-hydrogen) atoms. The Hall–Kier alpha value is -3.94. The number of methoxy groups -OCH3 is 2. The number of rotatable bonds is 19. The lowest BCUT2D eigenvalue weighted by molar-refractivity contribution is -0.305. The van der Waals surface area contributed by atoms with Crippen molar-refractivity contribution in [1.29, 1.82) is 0 Å². The van der Waals surface area contributed by atoms with E-state index in [-0.39, 0.29) is 63.1 Å². The number of aliphatic hydroxyl groups excluding tert-OH is 2. The molecule has 4 saturated heterocycles. The summed E-state index contributed by atoms with van der Waals surface area (Å²) < 4.78 is 84.2. The van der Waals surface area contributed by atoms with Crippen LogP contribution >= 0.6 is 0 Å². The maximum atomic E-state index is 15.8. The van der Waals surface area contributed by atoms with Gasteiger partial charge in [0, 0.05) is 76.9 Å². The number of carbonyl (C=O) groups is 4. The number of hydrogen-bond acceptors (Lipinski definition) is 20. The maximum absolute atomic E-state index is 15.8. The van der Waals surface area contributed by atoms with Gasteiger partial charge in [0.25, 0.3) is 0 Å². The number of halogens is 1. The summed E-state index contributed by atoms with van der Waals surface area (Å²) in [6.07, 6.45) is -14.4. The van der Waals surface area contributed by atoms with E-state index in [1.54, 1.807) is 48.5 Å². The Balaban J connectivity index is 1.71. The number of Topliss-reactive ketones (excluding diaryl/α,β-unsaturated/α-hetero) is 1. The molecule has 0 bridgehead atoms. The molecule has 0 saturated carbocycles. The van der Waals surface area contributed by atoms with E-state index in [2.05, 4.69) is 10.5 Å². The van der Waals surface area contributed by atoms with Gasteiger partial charge < -0.3 is 72.5 Å². The molecular formula is C59H96FN3O18. The third-order valence-corrected chi connectivity index (χ3v) is 16.4. The van der Waals surface area contributed by atoms with Crippen LogP contribution in [-0.2, 0) is 77.9 Å². The fourth-order valence-electron chi connectivity index (χ4n) is 12.1. The minimum Gasteiger partial charge on any atom is -0.461 e. The predicted octanol–water partition coefficient (Wildman–Crippen LogP) is 6.55. The van der Waals surface area contributed by atoms with Gasteiger partial charge in [-0.25, -0.2) is 9.18 Å². The average molecular weight is 1150 g/mol. The molecule has 22 heteroatoms. The number of cyclic esters (lactones) is 1. The lowest BCUT2D eigenvalue weighted by atomic mass is 9.74. The molecule has 0 radical (unpaired) electrons. The lowest BCUT2D eigenvalue weighted by Crippen LogP contribution is -2.59. The van der Waals surface area contributed by atoms with E-state index in [4.69, 9.17) is 56.9 Å². The largest absolute Gasteiger partial charge is 0.461 e. The van der Waals surface area contributed by atoms with Crippen molar-refractivity contribution < 1.29 is 90.7 Å². The number of ether oxygens (including phenoxy) is 11. The number of benzene rings is 1. The second kappa shape index (κ2) is 31.3. The summed E-state index contributed by atoms with van der Waals surface area (Å²) in [6, 6.07) is 8.97. The quantitative estimate of drug-likeness (QED) is 0.0755. The van der Waals surface area contributed by atoms with Crippen molar-refractivity contribution in [3.8, 4) is 0 Å². The fraction of sp³-hybridized carbons (Fsp3) is 0.814. The van der Waals surface area contributed by atoms with Crippen molar-refractivity contribution in [3.63, 3.8) is 0 Å². The molecule has 21 nitrogen and oxygen atoms in total. The number of alkyl halides is 1. The normalized spacial score (nSPS) is 38.8. The van der Waals surface area contributed by atoms with Crippen molar-refractivity contribution in [2.75, 3.05) is 47.7 Å². The Bertz CT molecular complexity index is 2160. The lowest BCUT2D eigenvalue weighted by Gasteiger charge is -2.45. The van der Waals surface area contributed by atoms with E-state index in [1.807, 2.05) is 69.9 Å². The molecule has 2 unspecified atom stereocenters. The minimum absolute atomic E-state index is 0.00838. The molecule has 1 aromatic rings. The van der Waals surface area contributed by atoms with Gasteiger partial charge in [0.05, 0.1) is 54.7 Å². The summed E-state index contributed by atoms with van der Waals surface area (Å²) >= 11 is 0. The van der Waals surface area contributed by atoms with Gasteiger partial charge in [-0.3, -0.25) is 19.3 Å². The zero-order valence-corrected chi connectivity index (χ0v) is 50.7. The number of aliphatic hydroxyl groups is 2. The molecule has 1 aromatic carbocycles. The van der Waals surface area contributed by atoms with Gasteiger partial charge in [0.15, 0.2) is 30.3 Å². The average Bonchev–Trinajstić information content (AvgIpc) is 3.56. The Labute approximate surface area is 479 Å². The molecule has 22 atom stereocenters. The summed E-state index contributed by atoms with van der Waals surface area (Å²) in [7, 11) is 4.26. The van der Waals surface area contributed by atoms with Crippen LogP contribution in [0.1, 0.15) is 121 Å². The van der Waals surface area contributed by atoms with Crippen LogP contribution in [0.5, 0.6) is 0 Å². The summed E-state index contributed by atoms with van der Waals surface area (Å²) in [5, 5.41) is 29.7. The molecule has 462 valence electrons.